The van der Waals surface area contributed by atoms with Crippen molar-refractivity contribution in [1.29, 1.82) is 0 Å². The summed E-state index contributed by atoms with van der Waals surface area (Å²) in [7, 11) is 3.68. The number of nitrogens with one attached hydrogen (secondary N) is 1. The van der Waals surface area contributed by atoms with Gasteiger partial charge in [-0.2, -0.15) is 5.10 Å². The van der Waals surface area contributed by atoms with Gasteiger partial charge in [-0.3, -0.25) is 4.68 Å². The third kappa shape index (κ3) is 3.45. The van der Waals surface area contributed by atoms with Crippen molar-refractivity contribution >= 4 is 0 Å². The van der Waals surface area contributed by atoms with Crippen molar-refractivity contribution in [3.8, 4) is 16.9 Å². The summed E-state index contributed by atoms with van der Waals surface area (Å²) in [5.41, 5.74) is 4.82. The highest BCUT2D eigenvalue weighted by Gasteiger charge is 2.16. The fraction of sp³-hybridized carbons (Fsp3) is 0.471. The second-order valence-corrected chi connectivity index (χ2v) is 5.56. The third-order valence-electron chi connectivity index (χ3n) is 3.57. The third-order valence-corrected chi connectivity index (χ3v) is 3.57. The van der Waals surface area contributed by atoms with Crippen molar-refractivity contribution in [2.75, 3.05) is 13.7 Å². The molecule has 2 aromatic rings. The molecule has 1 aromatic heterocycles. The molecule has 0 unspecified atom stereocenters. The lowest BCUT2D eigenvalue weighted by molar-refractivity contribution is 0.414. The fourth-order valence-corrected chi connectivity index (χ4v) is 2.51. The van der Waals surface area contributed by atoms with Gasteiger partial charge in [0.15, 0.2) is 0 Å². The standard InChI is InChI=1S/C17H25N3O/c1-6-18-10-13-9-14(21-5)7-8-15(13)16-11-20(4)19-17(16)12(2)3/h7-9,11-12,18H,6,10H2,1-5H3. The molecule has 1 N–H and O–H groups in total. The van der Waals surface area contributed by atoms with Crippen molar-refractivity contribution in [2.24, 2.45) is 7.05 Å². The Hall–Kier alpha value is -1.81. The normalized spacial score (nSPS) is 11.1. The molecule has 2 rings (SSSR count). The van der Waals surface area contributed by atoms with Crippen molar-refractivity contribution in [1.82, 2.24) is 15.1 Å². The van der Waals surface area contributed by atoms with Crippen molar-refractivity contribution < 1.29 is 4.74 Å². The Morgan fingerprint density at radius 2 is 2.05 bits per heavy atom. The van der Waals surface area contributed by atoms with Gasteiger partial charge >= 0.3 is 0 Å². The Bertz CT molecular complexity index is 602. The summed E-state index contributed by atoms with van der Waals surface area (Å²) in [5.74, 6) is 1.29. The van der Waals surface area contributed by atoms with E-state index in [2.05, 4.69) is 49.5 Å². The zero-order valence-electron chi connectivity index (χ0n) is 13.6. The van der Waals surface area contributed by atoms with Crippen LogP contribution in [0.4, 0.5) is 0 Å². The van der Waals surface area contributed by atoms with Crippen molar-refractivity contribution in [2.45, 2.75) is 33.2 Å². The van der Waals surface area contributed by atoms with Crippen LogP contribution in [-0.4, -0.2) is 23.4 Å². The van der Waals surface area contributed by atoms with Crippen LogP contribution in [0.2, 0.25) is 0 Å². The Kier molecular flexibility index (Phi) is 5.02. The minimum atomic E-state index is 0.398. The van der Waals surface area contributed by atoms with Crippen LogP contribution >= 0.6 is 0 Å². The van der Waals surface area contributed by atoms with E-state index in [1.807, 2.05) is 17.8 Å². The average molecular weight is 287 g/mol. The molecule has 4 nitrogen and oxygen atoms in total. The van der Waals surface area contributed by atoms with Gasteiger partial charge in [-0.05, 0) is 35.7 Å². The molecular formula is C17H25N3O. The number of hydrogen-bond acceptors (Lipinski definition) is 3. The number of methoxy groups -OCH3 is 1. The van der Waals surface area contributed by atoms with E-state index in [4.69, 9.17) is 4.74 Å². The molecule has 21 heavy (non-hydrogen) atoms. The molecule has 1 aromatic carbocycles. The maximum Gasteiger partial charge on any atom is 0.119 e. The minimum absolute atomic E-state index is 0.398. The minimum Gasteiger partial charge on any atom is -0.497 e. The zero-order chi connectivity index (χ0) is 15.4. The quantitative estimate of drug-likeness (QED) is 0.885. The lowest BCUT2D eigenvalue weighted by atomic mass is 9.96. The Balaban J connectivity index is 2.51. The van der Waals surface area contributed by atoms with E-state index < -0.39 is 0 Å². The number of rotatable bonds is 6. The van der Waals surface area contributed by atoms with Gasteiger partial charge in [0.05, 0.1) is 12.8 Å². The fourth-order valence-electron chi connectivity index (χ4n) is 2.51. The average Bonchev–Trinajstić information content (AvgIpc) is 2.86. The molecule has 4 heteroatoms. The zero-order valence-corrected chi connectivity index (χ0v) is 13.6. The van der Waals surface area contributed by atoms with Gasteiger partial charge in [-0.15, -0.1) is 0 Å². The first-order valence-electron chi connectivity index (χ1n) is 7.48. The van der Waals surface area contributed by atoms with Crippen LogP contribution < -0.4 is 10.1 Å². The molecule has 1 heterocycles. The molecule has 0 amide bonds. The highest BCUT2D eigenvalue weighted by atomic mass is 16.5. The molecule has 0 saturated carbocycles. The Morgan fingerprint density at radius 3 is 2.67 bits per heavy atom. The highest BCUT2D eigenvalue weighted by molar-refractivity contribution is 5.70. The summed E-state index contributed by atoms with van der Waals surface area (Å²) in [6.07, 6.45) is 2.10. The molecule has 0 bridgehead atoms. The van der Waals surface area contributed by atoms with Gasteiger partial charge in [-0.1, -0.05) is 26.8 Å². The first-order valence-corrected chi connectivity index (χ1v) is 7.48. The lowest BCUT2D eigenvalue weighted by Crippen LogP contribution is -2.12. The van der Waals surface area contributed by atoms with Crippen LogP contribution in [-0.2, 0) is 13.6 Å². The summed E-state index contributed by atoms with van der Waals surface area (Å²) in [6, 6.07) is 6.26. The van der Waals surface area contributed by atoms with Crippen molar-refractivity contribution in [3.05, 3.63) is 35.7 Å². The van der Waals surface area contributed by atoms with Gasteiger partial charge < -0.3 is 10.1 Å². The number of aryl methyl sites for hydroxylation is 1. The largest absolute Gasteiger partial charge is 0.497 e. The summed E-state index contributed by atoms with van der Waals surface area (Å²) < 4.78 is 7.25. The Morgan fingerprint density at radius 1 is 1.29 bits per heavy atom. The SMILES string of the molecule is CCNCc1cc(OC)ccc1-c1cn(C)nc1C(C)C. The molecule has 0 saturated heterocycles. The van der Waals surface area contributed by atoms with Crippen LogP contribution in [0.15, 0.2) is 24.4 Å². The molecule has 114 valence electrons. The summed E-state index contributed by atoms with van der Waals surface area (Å²) in [5, 5.41) is 8.01. The van der Waals surface area contributed by atoms with Gasteiger partial charge in [0.2, 0.25) is 0 Å². The number of ether oxygens (including phenoxy) is 1. The molecule has 0 radical (unpaired) electrons. The first-order chi connectivity index (χ1) is 10.1. The van der Waals surface area contributed by atoms with E-state index in [1.54, 1.807) is 7.11 Å². The number of benzene rings is 1. The van der Waals surface area contributed by atoms with E-state index in [-0.39, 0.29) is 0 Å². The number of aromatic nitrogens is 2. The number of hydrogen-bond donors (Lipinski definition) is 1. The second kappa shape index (κ2) is 6.76. The molecular weight excluding hydrogens is 262 g/mol. The maximum absolute atomic E-state index is 5.36. The smallest absolute Gasteiger partial charge is 0.119 e. The van der Waals surface area contributed by atoms with Gasteiger partial charge in [0.1, 0.15) is 5.75 Å². The van der Waals surface area contributed by atoms with Crippen molar-refractivity contribution in [3.63, 3.8) is 0 Å². The summed E-state index contributed by atoms with van der Waals surface area (Å²) in [4.78, 5) is 0. The van der Waals surface area contributed by atoms with E-state index in [9.17, 15) is 0 Å². The van der Waals surface area contributed by atoms with Crippen LogP contribution in [0.3, 0.4) is 0 Å². The predicted octanol–water partition coefficient (Wildman–Crippen LogP) is 3.33. The summed E-state index contributed by atoms with van der Waals surface area (Å²) >= 11 is 0. The summed E-state index contributed by atoms with van der Waals surface area (Å²) in [6.45, 7) is 8.25. The van der Waals surface area contributed by atoms with Crippen LogP contribution in [0.1, 0.15) is 37.9 Å². The monoisotopic (exact) mass is 287 g/mol. The number of nitrogens with zero attached hydrogens (tertiary/aromatic N) is 2. The topological polar surface area (TPSA) is 39.1 Å². The van der Waals surface area contributed by atoms with Gasteiger partial charge in [0.25, 0.3) is 0 Å². The molecule has 0 aliphatic heterocycles. The van der Waals surface area contributed by atoms with Gasteiger partial charge in [-0.25, -0.2) is 0 Å². The maximum atomic E-state index is 5.36. The van der Waals surface area contributed by atoms with Crippen LogP contribution in [0.5, 0.6) is 5.75 Å². The molecule has 0 aliphatic rings. The van der Waals surface area contributed by atoms with Crippen LogP contribution in [0, 0.1) is 0 Å². The van der Waals surface area contributed by atoms with E-state index in [1.165, 1.54) is 16.7 Å². The Labute approximate surface area is 127 Å². The lowest BCUT2D eigenvalue weighted by Gasteiger charge is -2.13. The highest BCUT2D eigenvalue weighted by Crippen LogP contribution is 2.32. The molecule has 0 spiro atoms. The van der Waals surface area contributed by atoms with Crippen LogP contribution in [0.25, 0.3) is 11.1 Å². The van der Waals surface area contributed by atoms with Gasteiger partial charge in [0, 0.05) is 25.4 Å². The predicted molar refractivity (Wildman–Crippen MR) is 86.7 cm³/mol. The van der Waals surface area contributed by atoms with E-state index in [0.717, 1.165) is 24.5 Å². The van der Waals surface area contributed by atoms with E-state index >= 15 is 0 Å². The van der Waals surface area contributed by atoms with E-state index in [0.29, 0.717) is 5.92 Å². The first kappa shape index (κ1) is 15.6. The molecule has 0 atom stereocenters. The molecule has 0 fully saturated rings. The molecule has 0 aliphatic carbocycles. The second-order valence-electron chi connectivity index (χ2n) is 5.56.